The van der Waals surface area contributed by atoms with Gasteiger partial charge in [-0.15, -0.1) is 0 Å². The highest BCUT2D eigenvalue weighted by Gasteiger charge is 1.61. The first-order valence-electron chi connectivity index (χ1n) is 1.87. The van der Waals surface area contributed by atoms with Gasteiger partial charge in [0.05, 0.1) is 7.05 Å². The van der Waals surface area contributed by atoms with Crippen LogP contribution in [-0.4, -0.2) is 7.05 Å². The average Bonchev–Trinajstić information content (AvgIpc) is 1.89. The summed E-state index contributed by atoms with van der Waals surface area (Å²) in [5.74, 6) is 0. The Kier molecular flexibility index (Phi) is 5.26. The average molecular weight is 128 g/mol. The van der Waals surface area contributed by atoms with Crippen molar-refractivity contribution in [1.82, 2.24) is 0 Å². The lowest BCUT2D eigenvalue weighted by atomic mass is 11.6. The zero-order chi connectivity index (χ0) is 6.95. The van der Waals surface area contributed by atoms with Crippen LogP contribution in [0.5, 0.6) is 0 Å². The lowest BCUT2D eigenvalue weighted by Gasteiger charge is -1.65. The second-order valence-electron chi connectivity index (χ2n) is 0.747. The van der Waals surface area contributed by atoms with Gasteiger partial charge in [0.2, 0.25) is 0 Å². The van der Waals surface area contributed by atoms with Gasteiger partial charge in [-0.1, -0.05) is 0 Å². The Labute approximate surface area is 50.2 Å². The fourth-order valence-corrected chi connectivity index (χ4v) is 0.114. The maximum Gasteiger partial charge on any atom is 0.0510 e. The lowest BCUT2D eigenvalue weighted by molar-refractivity contribution is 0.787. The summed E-state index contributed by atoms with van der Waals surface area (Å²) in [5, 5.41) is 20.5. The number of hydrogen-bond acceptors (Lipinski definition) is 2. The minimum Gasteiger partial charge on any atom is -0.183 e. The normalized spacial score (nSPS) is 12.1. The molecule has 1 N–H and O–H groups in total. The van der Waals surface area contributed by atoms with E-state index in [-0.39, 0.29) is 0 Å². The third kappa shape index (κ3) is 6.40. The van der Waals surface area contributed by atoms with Gasteiger partial charge in [-0.05, 0) is 31.3 Å². The SMILES string of the molecule is CN=NN=NN=NN=N. The highest BCUT2D eigenvalue weighted by Crippen LogP contribution is 1.81. The Hall–Kier alpha value is -1.60. The Morgan fingerprint density at radius 2 is 1.44 bits per heavy atom. The molecule has 0 aliphatic heterocycles. The summed E-state index contributed by atoms with van der Waals surface area (Å²) >= 11 is 0. The molecule has 0 unspecified atom stereocenters. The fraction of sp³-hybridized carbons (Fsp3) is 1.00. The molecule has 0 aliphatic rings. The summed E-state index contributed by atoms with van der Waals surface area (Å²) < 4.78 is 0. The third-order valence-corrected chi connectivity index (χ3v) is 0.294. The van der Waals surface area contributed by atoms with Crippen molar-refractivity contribution in [2.75, 3.05) is 7.05 Å². The molecule has 0 saturated carbocycles. The molecule has 0 amide bonds. The second-order valence-corrected chi connectivity index (χ2v) is 0.747. The van der Waals surface area contributed by atoms with Crippen molar-refractivity contribution < 1.29 is 0 Å². The van der Waals surface area contributed by atoms with Crippen LogP contribution < -0.4 is 0 Å². The molecule has 0 heterocycles. The number of hydrogen-bond donors (Lipinski definition) is 1. The summed E-state index contributed by atoms with van der Waals surface area (Å²) in [4.78, 5) is 0. The molecule has 0 aromatic heterocycles. The molecular weight excluding hydrogens is 124 g/mol. The fourth-order valence-electron chi connectivity index (χ4n) is 0.114. The van der Waals surface area contributed by atoms with E-state index in [1.54, 1.807) is 0 Å². The van der Waals surface area contributed by atoms with Gasteiger partial charge >= 0.3 is 0 Å². The first kappa shape index (κ1) is 7.40. The van der Waals surface area contributed by atoms with Crippen LogP contribution in [0.25, 0.3) is 0 Å². The van der Waals surface area contributed by atoms with E-state index in [4.69, 9.17) is 5.53 Å². The molecule has 0 fully saturated rings. The quantitative estimate of drug-likeness (QED) is 0.441. The Morgan fingerprint density at radius 1 is 0.889 bits per heavy atom. The van der Waals surface area contributed by atoms with Crippen LogP contribution in [-0.2, 0) is 0 Å². The molecule has 0 atom stereocenters. The van der Waals surface area contributed by atoms with E-state index in [9.17, 15) is 0 Å². The molecule has 0 saturated heterocycles. The Bertz CT molecular complexity index is 141. The molecular formula is CH4N8. The van der Waals surface area contributed by atoms with E-state index in [2.05, 4.69) is 36.5 Å². The molecule has 48 valence electrons. The van der Waals surface area contributed by atoms with Gasteiger partial charge in [0.1, 0.15) is 0 Å². The van der Waals surface area contributed by atoms with Gasteiger partial charge in [0.15, 0.2) is 0 Å². The molecule has 0 bridgehead atoms. The predicted octanol–water partition coefficient (Wildman–Crippen LogP) is 1.75. The first-order chi connectivity index (χ1) is 4.41. The number of nitrogens with one attached hydrogen (secondary N) is 1. The maximum atomic E-state index is 6.09. The standard InChI is InChI=1S/CH4N8/c1-3-5-7-9-8-6-4-2/h2H,1H3. The van der Waals surface area contributed by atoms with Gasteiger partial charge in [-0.25, -0.2) is 0 Å². The molecule has 0 aromatic rings. The van der Waals surface area contributed by atoms with Gasteiger partial charge < -0.3 is 0 Å². The highest BCUT2D eigenvalue weighted by atomic mass is 15.6. The van der Waals surface area contributed by atoms with Crippen molar-refractivity contribution >= 4 is 0 Å². The summed E-state index contributed by atoms with van der Waals surface area (Å²) in [7, 11) is 1.44. The van der Waals surface area contributed by atoms with Gasteiger partial charge in [0, 0.05) is 0 Å². The van der Waals surface area contributed by atoms with Crippen molar-refractivity contribution in [2.45, 2.75) is 0 Å². The summed E-state index contributed by atoms with van der Waals surface area (Å²) in [5.41, 5.74) is 6.09. The molecule has 0 radical (unpaired) electrons. The topological polar surface area (TPSA) is 110 Å². The monoisotopic (exact) mass is 128 g/mol. The van der Waals surface area contributed by atoms with E-state index in [0.717, 1.165) is 0 Å². The summed E-state index contributed by atoms with van der Waals surface area (Å²) in [6.45, 7) is 0. The van der Waals surface area contributed by atoms with Gasteiger partial charge in [-0.3, -0.25) is 0 Å². The minimum absolute atomic E-state index is 1.44. The van der Waals surface area contributed by atoms with Crippen LogP contribution in [0.4, 0.5) is 0 Å². The summed E-state index contributed by atoms with van der Waals surface area (Å²) in [6, 6.07) is 0. The molecule has 0 aliphatic carbocycles. The van der Waals surface area contributed by atoms with E-state index in [1.165, 1.54) is 7.05 Å². The predicted molar refractivity (Wildman–Crippen MR) is 25.6 cm³/mol. The highest BCUT2D eigenvalue weighted by molar-refractivity contribution is 4.07. The molecule has 9 heavy (non-hydrogen) atoms. The lowest BCUT2D eigenvalue weighted by Crippen LogP contribution is -1.46. The molecule has 0 rings (SSSR count). The van der Waals surface area contributed by atoms with Crippen molar-refractivity contribution in [3.05, 3.63) is 0 Å². The number of rotatable bonds is 3. The largest absolute Gasteiger partial charge is 0.183 e. The van der Waals surface area contributed by atoms with Crippen molar-refractivity contribution in [3.63, 3.8) is 0 Å². The van der Waals surface area contributed by atoms with Crippen molar-refractivity contribution in [3.8, 4) is 0 Å². The van der Waals surface area contributed by atoms with Crippen LogP contribution in [0.3, 0.4) is 0 Å². The smallest absolute Gasteiger partial charge is 0.0510 e. The van der Waals surface area contributed by atoms with Crippen molar-refractivity contribution in [1.29, 1.82) is 5.53 Å². The summed E-state index contributed by atoms with van der Waals surface area (Å²) in [6.07, 6.45) is 0. The Morgan fingerprint density at radius 3 is 2.00 bits per heavy atom. The number of nitrogens with zero attached hydrogens (tertiary/aromatic N) is 7. The van der Waals surface area contributed by atoms with E-state index < -0.39 is 0 Å². The Balaban J connectivity index is 3.46. The van der Waals surface area contributed by atoms with Crippen LogP contribution in [0.15, 0.2) is 36.5 Å². The second kappa shape index (κ2) is 6.40. The molecule has 8 nitrogen and oxygen atoms in total. The van der Waals surface area contributed by atoms with Crippen LogP contribution in [0.2, 0.25) is 0 Å². The van der Waals surface area contributed by atoms with Gasteiger partial charge in [-0.2, -0.15) is 10.6 Å². The van der Waals surface area contributed by atoms with Crippen LogP contribution >= 0.6 is 0 Å². The third-order valence-electron chi connectivity index (χ3n) is 0.294. The van der Waals surface area contributed by atoms with Crippen LogP contribution in [0, 0.1) is 5.53 Å². The molecule has 0 aromatic carbocycles. The van der Waals surface area contributed by atoms with E-state index >= 15 is 0 Å². The van der Waals surface area contributed by atoms with E-state index in [1.807, 2.05) is 0 Å². The zero-order valence-electron chi connectivity index (χ0n) is 4.63. The van der Waals surface area contributed by atoms with E-state index in [0.29, 0.717) is 0 Å². The minimum atomic E-state index is 1.44. The molecule has 0 spiro atoms. The first-order valence-corrected chi connectivity index (χ1v) is 1.87. The maximum absolute atomic E-state index is 6.09. The van der Waals surface area contributed by atoms with Crippen molar-refractivity contribution in [2.24, 2.45) is 36.5 Å². The zero-order valence-corrected chi connectivity index (χ0v) is 4.63. The van der Waals surface area contributed by atoms with Crippen LogP contribution in [0.1, 0.15) is 0 Å². The molecule has 8 heteroatoms. The van der Waals surface area contributed by atoms with Gasteiger partial charge in [0.25, 0.3) is 0 Å².